The monoisotopic (exact) mass is 382 g/mol. The molecule has 1 heterocycles. The lowest BCUT2D eigenvalue weighted by Crippen LogP contribution is -2.41. The summed E-state index contributed by atoms with van der Waals surface area (Å²) in [7, 11) is -1.61. The van der Waals surface area contributed by atoms with Crippen molar-refractivity contribution in [1.29, 1.82) is 0 Å². The van der Waals surface area contributed by atoms with Gasteiger partial charge in [-0.2, -0.15) is 0 Å². The molecule has 8 heteroatoms. The molecule has 0 atom stereocenters. The molecule has 0 radical (unpaired) electrons. The maximum absolute atomic E-state index is 12.4. The molecule has 1 saturated heterocycles. The standard InChI is InChI=1S/C18H26N2O5S/c1-4-11-25-16-6-5-15(12-17(16)24-2)18(21)19-13-14-7-9-20(10-8-14)26(3,22)23/h4-6,12,14H,1,7-11,13H2,2-3H3,(H,19,21). The van der Waals surface area contributed by atoms with Crippen molar-refractivity contribution in [3.05, 3.63) is 36.4 Å². The van der Waals surface area contributed by atoms with Crippen molar-refractivity contribution in [2.45, 2.75) is 12.8 Å². The van der Waals surface area contributed by atoms with Gasteiger partial charge in [0.15, 0.2) is 11.5 Å². The Kier molecular flexibility index (Phi) is 7.05. The molecule has 1 fully saturated rings. The lowest BCUT2D eigenvalue weighted by molar-refractivity contribution is 0.0941. The largest absolute Gasteiger partial charge is 0.493 e. The van der Waals surface area contributed by atoms with Gasteiger partial charge in [0.05, 0.1) is 13.4 Å². The first-order valence-electron chi connectivity index (χ1n) is 8.50. The van der Waals surface area contributed by atoms with Crippen LogP contribution < -0.4 is 14.8 Å². The van der Waals surface area contributed by atoms with Gasteiger partial charge in [-0.05, 0) is 37.0 Å². The van der Waals surface area contributed by atoms with Crippen LogP contribution in [0, 0.1) is 5.92 Å². The van der Waals surface area contributed by atoms with Crippen molar-refractivity contribution in [3.63, 3.8) is 0 Å². The van der Waals surface area contributed by atoms with Crippen LogP contribution in [0.4, 0.5) is 0 Å². The highest BCUT2D eigenvalue weighted by atomic mass is 32.2. The molecule has 7 nitrogen and oxygen atoms in total. The van der Waals surface area contributed by atoms with Gasteiger partial charge in [-0.3, -0.25) is 4.79 Å². The zero-order valence-electron chi connectivity index (χ0n) is 15.2. The minimum absolute atomic E-state index is 0.191. The molecular weight excluding hydrogens is 356 g/mol. The van der Waals surface area contributed by atoms with Crippen LogP contribution >= 0.6 is 0 Å². The molecule has 1 aromatic rings. The lowest BCUT2D eigenvalue weighted by atomic mass is 9.98. The summed E-state index contributed by atoms with van der Waals surface area (Å²) in [6.45, 7) is 5.48. The molecule has 144 valence electrons. The Bertz CT molecular complexity index is 740. The normalized spacial score (nSPS) is 16.1. The molecule has 26 heavy (non-hydrogen) atoms. The number of benzene rings is 1. The van der Waals surface area contributed by atoms with Gasteiger partial charge in [-0.25, -0.2) is 12.7 Å². The number of amides is 1. The molecule has 0 bridgehead atoms. The van der Waals surface area contributed by atoms with Gasteiger partial charge < -0.3 is 14.8 Å². The second kappa shape index (κ2) is 9.05. The van der Waals surface area contributed by atoms with Crippen LogP contribution in [-0.4, -0.2) is 58.2 Å². The van der Waals surface area contributed by atoms with Gasteiger partial charge in [-0.1, -0.05) is 12.7 Å². The molecule has 1 N–H and O–H groups in total. The number of rotatable bonds is 8. The summed E-state index contributed by atoms with van der Waals surface area (Å²) in [5.74, 6) is 1.12. The molecule has 1 aliphatic heterocycles. The SMILES string of the molecule is C=CCOc1ccc(C(=O)NCC2CCN(S(C)(=O)=O)CC2)cc1OC. The van der Waals surface area contributed by atoms with Crippen LogP contribution in [0.2, 0.25) is 0 Å². The van der Waals surface area contributed by atoms with Crippen molar-refractivity contribution in [2.24, 2.45) is 5.92 Å². The Morgan fingerprint density at radius 1 is 1.35 bits per heavy atom. The number of hydrogen-bond donors (Lipinski definition) is 1. The molecule has 1 aliphatic rings. The van der Waals surface area contributed by atoms with E-state index in [0.717, 1.165) is 12.8 Å². The number of nitrogens with one attached hydrogen (secondary N) is 1. The summed E-state index contributed by atoms with van der Waals surface area (Å²) in [6, 6.07) is 5.02. The van der Waals surface area contributed by atoms with Crippen LogP contribution in [0.25, 0.3) is 0 Å². The maximum atomic E-state index is 12.4. The summed E-state index contributed by atoms with van der Waals surface area (Å²) >= 11 is 0. The molecule has 0 saturated carbocycles. The zero-order valence-corrected chi connectivity index (χ0v) is 16.0. The Morgan fingerprint density at radius 3 is 2.62 bits per heavy atom. The lowest BCUT2D eigenvalue weighted by Gasteiger charge is -2.30. The number of ether oxygens (including phenoxy) is 2. The Morgan fingerprint density at radius 2 is 2.04 bits per heavy atom. The average Bonchev–Trinajstić information content (AvgIpc) is 2.63. The van der Waals surface area contributed by atoms with Crippen molar-refractivity contribution in [3.8, 4) is 11.5 Å². The van der Waals surface area contributed by atoms with E-state index < -0.39 is 10.0 Å². The number of carbonyl (C=O) groups is 1. The second-order valence-corrected chi connectivity index (χ2v) is 8.26. The maximum Gasteiger partial charge on any atom is 0.251 e. The quantitative estimate of drug-likeness (QED) is 0.691. The van der Waals surface area contributed by atoms with Crippen molar-refractivity contribution in [2.75, 3.05) is 39.6 Å². The fourth-order valence-corrected chi connectivity index (χ4v) is 3.74. The molecule has 1 amide bonds. The van der Waals surface area contributed by atoms with E-state index in [-0.39, 0.29) is 11.8 Å². The number of piperidine rings is 1. The fourth-order valence-electron chi connectivity index (χ4n) is 2.86. The van der Waals surface area contributed by atoms with E-state index in [1.54, 1.807) is 24.3 Å². The zero-order chi connectivity index (χ0) is 19.2. The number of methoxy groups -OCH3 is 1. The number of nitrogens with zero attached hydrogens (tertiary/aromatic N) is 1. The van der Waals surface area contributed by atoms with Gasteiger partial charge in [0.1, 0.15) is 6.61 Å². The first kappa shape index (κ1) is 20.3. The molecule has 2 rings (SSSR count). The van der Waals surface area contributed by atoms with Crippen LogP contribution in [0.3, 0.4) is 0 Å². The van der Waals surface area contributed by atoms with Gasteiger partial charge in [-0.15, -0.1) is 0 Å². The van der Waals surface area contributed by atoms with Gasteiger partial charge >= 0.3 is 0 Å². The third-order valence-electron chi connectivity index (χ3n) is 4.38. The van der Waals surface area contributed by atoms with Crippen LogP contribution in [0.1, 0.15) is 23.2 Å². The second-order valence-electron chi connectivity index (χ2n) is 6.28. The van der Waals surface area contributed by atoms with Gasteiger partial charge in [0.2, 0.25) is 10.0 Å². The van der Waals surface area contributed by atoms with Crippen molar-refractivity contribution >= 4 is 15.9 Å². The van der Waals surface area contributed by atoms with E-state index in [4.69, 9.17) is 9.47 Å². The van der Waals surface area contributed by atoms with Crippen molar-refractivity contribution in [1.82, 2.24) is 9.62 Å². The highest BCUT2D eigenvalue weighted by Crippen LogP contribution is 2.28. The van der Waals surface area contributed by atoms with Gasteiger partial charge in [0.25, 0.3) is 5.91 Å². The first-order chi connectivity index (χ1) is 12.3. The Hall–Kier alpha value is -2.06. The molecule has 1 aromatic carbocycles. The fraction of sp³-hybridized carbons (Fsp3) is 0.500. The molecule has 0 unspecified atom stereocenters. The topological polar surface area (TPSA) is 84.9 Å². The smallest absolute Gasteiger partial charge is 0.251 e. The van der Waals surface area contributed by atoms with E-state index in [1.807, 2.05) is 0 Å². The number of carbonyl (C=O) groups excluding carboxylic acids is 1. The van der Waals surface area contributed by atoms with E-state index in [9.17, 15) is 13.2 Å². The summed E-state index contributed by atoms with van der Waals surface area (Å²) in [6.07, 6.45) is 4.34. The Labute approximate surface area is 155 Å². The van der Waals surface area contributed by atoms with E-state index >= 15 is 0 Å². The number of sulfonamides is 1. The third-order valence-corrected chi connectivity index (χ3v) is 5.68. The number of hydrogen-bond acceptors (Lipinski definition) is 5. The summed E-state index contributed by atoms with van der Waals surface area (Å²) in [5, 5.41) is 2.92. The average molecular weight is 382 g/mol. The van der Waals surface area contributed by atoms with Crippen LogP contribution in [-0.2, 0) is 10.0 Å². The first-order valence-corrected chi connectivity index (χ1v) is 10.3. The van der Waals surface area contributed by atoms with Crippen LogP contribution in [0.5, 0.6) is 11.5 Å². The highest BCUT2D eigenvalue weighted by Gasteiger charge is 2.25. The minimum Gasteiger partial charge on any atom is -0.493 e. The predicted octanol–water partition coefficient (Wildman–Crippen LogP) is 1.66. The summed E-state index contributed by atoms with van der Waals surface area (Å²) in [4.78, 5) is 12.4. The third kappa shape index (κ3) is 5.47. The van der Waals surface area contributed by atoms with Crippen LogP contribution in [0.15, 0.2) is 30.9 Å². The van der Waals surface area contributed by atoms with Gasteiger partial charge in [0, 0.05) is 25.2 Å². The predicted molar refractivity (Wildman–Crippen MR) is 100 cm³/mol. The van der Waals surface area contributed by atoms with E-state index in [1.165, 1.54) is 17.7 Å². The summed E-state index contributed by atoms with van der Waals surface area (Å²) in [5.41, 5.74) is 0.487. The molecule has 0 aliphatic carbocycles. The summed E-state index contributed by atoms with van der Waals surface area (Å²) < 4.78 is 35.3. The minimum atomic E-state index is -3.13. The molecular formula is C18H26N2O5S. The van der Waals surface area contributed by atoms with Crippen molar-refractivity contribution < 1.29 is 22.7 Å². The van der Waals surface area contributed by atoms with E-state index in [0.29, 0.717) is 43.3 Å². The molecule has 0 spiro atoms. The molecule has 0 aromatic heterocycles. The van der Waals surface area contributed by atoms with E-state index in [2.05, 4.69) is 11.9 Å². The highest BCUT2D eigenvalue weighted by molar-refractivity contribution is 7.88. The Balaban J connectivity index is 1.89.